The normalized spacial score (nSPS) is 12.9. The minimum absolute atomic E-state index is 0.596. The number of hydrogen-bond donors (Lipinski definition) is 0. The van der Waals surface area contributed by atoms with Gasteiger partial charge in [0, 0.05) is 12.1 Å². The van der Waals surface area contributed by atoms with Crippen molar-refractivity contribution >= 4 is 29.2 Å². The van der Waals surface area contributed by atoms with Crippen LogP contribution in [0.1, 0.15) is 0 Å². The monoisotopic (exact) mass is 223 g/mol. The lowest BCUT2D eigenvalue weighted by molar-refractivity contribution is -0.106. The molecular weight excluding hydrogens is 214 g/mol. The van der Waals surface area contributed by atoms with Crippen molar-refractivity contribution in [3.05, 3.63) is 54.1 Å². The SMILES string of the molecule is [N-]=[N+]1c2ccccc2N(C=O)c2ccccc21. The number of anilines is 2. The van der Waals surface area contributed by atoms with E-state index in [4.69, 9.17) is 0 Å². The Hall–Kier alpha value is -2.49. The molecule has 4 nitrogen and oxygen atoms in total. The predicted octanol–water partition coefficient (Wildman–Crippen LogP) is 3.15. The molecule has 0 fully saturated rings. The third-order valence-electron chi connectivity index (χ3n) is 2.84. The third-order valence-corrected chi connectivity index (χ3v) is 2.84. The average molecular weight is 223 g/mol. The Morgan fingerprint density at radius 1 is 0.941 bits per heavy atom. The van der Waals surface area contributed by atoms with Crippen LogP contribution in [0.5, 0.6) is 0 Å². The Morgan fingerprint density at radius 2 is 1.41 bits per heavy atom. The van der Waals surface area contributed by atoms with Crippen LogP contribution < -0.4 is 9.60 Å². The van der Waals surface area contributed by atoms with Crippen molar-refractivity contribution in [1.29, 1.82) is 0 Å². The number of benzene rings is 2. The van der Waals surface area contributed by atoms with Gasteiger partial charge in [-0.25, -0.2) is 4.70 Å². The standard InChI is InChI=1S/C13H9N3O/c14-16-12-7-3-1-5-10(12)15(9-17)11-6-2-4-8-13(11)16/h1-9H. The number of carbonyl (C=O) groups excluding carboxylic acids is 1. The van der Waals surface area contributed by atoms with E-state index in [1.165, 1.54) is 4.90 Å². The second-order valence-corrected chi connectivity index (χ2v) is 3.76. The number of para-hydroxylation sites is 4. The Morgan fingerprint density at radius 3 is 1.88 bits per heavy atom. The van der Waals surface area contributed by atoms with Gasteiger partial charge in [-0.05, 0) is 12.1 Å². The van der Waals surface area contributed by atoms with Crippen LogP contribution in [0.4, 0.5) is 22.7 Å². The van der Waals surface area contributed by atoms with E-state index in [2.05, 4.69) is 0 Å². The molecule has 0 saturated carbocycles. The minimum Gasteiger partial charge on any atom is -0.493 e. The summed E-state index contributed by atoms with van der Waals surface area (Å²) in [5, 5.41) is 0. The molecule has 2 aromatic rings. The summed E-state index contributed by atoms with van der Waals surface area (Å²) in [5.74, 6) is 0. The van der Waals surface area contributed by atoms with E-state index in [1.807, 2.05) is 24.3 Å². The molecule has 0 saturated heterocycles. The second kappa shape index (κ2) is 3.52. The molecule has 82 valence electrons. The first-order chi connectivity index (χ1) is 8.33. The molecule has 1 aliphatic heterocycles. The quantitative estimate of drug-likeness (QED) is 0.541. The molecule has 0 aliphatic carbocycles. The third kappa shape index (κ3) is 1.27. The fourth-order valence-corrected chi connectivity index (χ4v) is 2.07. The fourth-order valence-electron chi connectivity index (χ4n) is 2.07. The molecule has 0 radical (unpaired) electrons. The van der Waals surface area contributed by atoms with Crippen LogP contribution in [-0.2, 0) is 4.79 Å². The molecule has 3 rings (SSSR count). The van der Waals surface area contributed by atoms with Gasteiger partial charge in [-0.2, -0.15) is 0 Å². The minimum atomic E-state index is 0.596. The Labute approximate surface area is 98.2 Å². The Bertz CT molecular complexity index is 572. The van der Waals surface area contributed by atoms with Gasteiger partial charge in [0.25, 0.3) is 0 Å². The first-order valence-electron chi connectivity index (χ1n) is 5.24. The van der Waals surface area contributed by atoms with E-state index in [1.54, 1.807) is 24.3 Å². The zero-order valence-corrected chi connectivity index (χ0v) is 8.95. The number of hydrogen-bond acceptors (Lipinski definition) is 1. The van der Waals surface area contributed by atoms with Gasteiger partial charge in [0.05, 0.1) is 0 Å². The molecule has 0 spiro atoms. The van der Waals surface area contributed by atoms with Crippen molar-refractivity contribution in [2.24, 2.45) is 0 Å². The summed E-state index contributed by atoms with van der Waals surface area (Å²) in [6, 6.07) is 14.4. The number of carbonyl (C=O) groups is 1. The highest BCUT2D eigenvalue weighted by Crippen LogP contribution is 2.44. The van der Waals surface area contributed by atoms with Gasteiger partial charge in [0.15, 0.2) is 0 Å². The van der Waals surface area contributed by atoms with Crippen LogP contribution in [0.15, 0.2) is 48.5 Å². The van der Waals surface area contributed by atoms with Crippen molar-refractivity contribution in [2.75, 3.05) is 4.90 Å². The Kier molecular flexibility index (Phi) is 2.01. The number of amides is 1. The zero-order valence-electron chi connectivity index (χ0n) is 8.95. The van der Waals surface area contributed by atoms with Gasteiger partial charge < -0.3 is 5.53 Å². The number of rotatable bonds is 1. The maximum absolute atomic E-state index is 11.2. The molecule has 17 heavy (non-hydrogen) atoms. The van der Waals surface area contributed by atoms with Gasteiger partial charge >= 0.3 is 0 Å². The van der Waals surface area contributed by atoms with Gasteiger partial charge in [0.2, 0.25) is 17.8 Å². The summed E-state index contributed by atoms with van der Waals surface area (Å²) in [7, 11) is 0. The highest BCUT2D eigenvalue weighted by atomic mass is 16.1. The molecule has 0 atom stereocenters. The summed E-state index contributed by atoms with van der Waals surface area (Å²) < 4.78 is 1.10. The van der Waals surface area contributed by atoms with Gasteiger partial charge in [-0.1, -0.05) is 24.3 Å². The van der Waals surface area contributed by atoms with Crippen molar-refractivity contribution in [1.82, 2.24) is 4.70 Å². The number of fused-ring (bicyclic) bond motifs is 2. The Balaban J connectivity index is 2.33. The first-order valence-corrected chi connectivity index (χ1v) is 5.24. The van der Waals surface area contributed by atoms with E-state index in [9.17, 15) is 10.3 Å². The van der Waals surface area contributed by atoms with Crippen molar-refractivity contribution in [3.8, 4) is 0 Å². The van der Waals surface area contributed by atoms with Crippen LogP contribution in [0, 0.1) is 0 Å². The second-order valence-electron chi connectivity index (χ2n) is 3.76. The summed E-state index contributed by atoms with van der Waals surface area (Å²) >= 11 is 0. The molecule has 2 aromatic carbocycles. The molecule has 1 aliphatic rings. The smallest absolute Gasteiger partial charge is 0.224 e. The molecule has 0 N–H and O–H groups in total. The highest BCUT2D eigenvalue weighted by Gasteiger charge is 2.28. The summed E-state index contributed by atoms with van der Waals surface area (Å²) in [5.41, 5.74) is 12.6. The topological polar surface area (TPSA) is 45.6 Å². The van der Waals surface area contributed by atoms with E-state index >= 15 is 0 Å². The van der Waals surface area contributed by atoms with Crippen molar-refractivity contribution < 1.29 is 4.79 Å². The lowest BCUT2D eigenvalue weighted by atomic mass is 10.1. The molecule has 4 heteroatoms. The molecule has 1 heterocycles. The molecule has 1 amide bonds. The van der Waals surface area contributed by atoms with Crippen LogP contribution in [0.2, 0.25) is 0 Å². The van der Waals surface area contributed by atoms with Crippen molar-refractivity contribution in [2.45, 2.75) is 0 Å². The lowest BCUT2D eigenvalue weighted by Gasteiger charge is -2.26. The van der Waals surface area contributed by atoms with Gasteiger partial charge in [-0.15, -0.1) is 0 Å². The van der Waals surface area contributed by atoms with Crippen LogP contribution in [0.3, 0.4) is 0 Å². The van der Waals surface area contributed by atoms with E-state index < -0.39 is 0 Å². The van der Waals surface area contributed by atoms with Gasteiger partial charge in [-0.3, -0.25) is 9.69 Å². The maximum atomic E-state index is 11.2. The number of nitrogens with zero attached hydrogens (tertiary/aromatic N) is 3. The predicted molar refractivity (Wildman–Crippen MR) is 65.9 cm³/mol. The molecule has 0 unspecified atom stereocenters. The fraction of sp³-hybridized carbons (Fsp3) is 0. The van der Waals surface area contributed by atoms with Crippen LogP contribution in [0.25, 0.3) is 5.53 Å². The van der Waals surface area contributed by atoms with Crippen LogP contribution >= 0.6 is 0 Å². The first kappa shape index (κ1) is 9.72. The van der Waals surface area contributed by atoms with Gasteiger partial charge in [0.1, 0.15) is 11.4 Å². The van der Waals surface area contributed by atoms with E-state index in [-0.39, 0.29) is 0 Å². The highest BCUT2D eigenvalue weighted by molar-refractivity contribution is 5.98. The summed E-state index contributed by atoms with van der Waals surface area (Å²) in [6.07, 6.45) is 0.755. The van der Waals surface area contributed by atoms with Crippen molar-refractivity contribution in [3.63, 3.8) is 0 Å². The lowest BCUT2D eigenvalue weighted by Crippen LogP contribution is -2.22. The molecule has 0 aromatic heterocycles. The summed E-state index contributed by atoms with van der Waals surface area (Å²) in [4.78, 5) is 12.7. The van der Waals surface area contributed by atoms with E-state index in [0.29, 0.717) is 22.7 Å². The molecular formula is C13H9N3O. The van der Waals surface area contributed by atoms with E-state index in [0.717, 1.165) is 11.1 Å². The average Bonchev–Trinajstić information content (AvgIpc) is 2.40. The van der Waals surface area contributed by atoms with Crippen LogP contribution in [-0.4, -0.2) is 6.41 Å². The molecule has 0 bridgehead atoms. The zero-order chi connectivity index (χ0) is 11.8. The maximum Gasteiger partial charge on any atom is 0.224 e. The largest absolute Gasteiger partial charge is 0.493 e. The summed E-state index contributed by atoms with van der Waals surface area (Å²) in [6.45, 7) is 0.